The first kappa shape index (κ1) is 19.2. The van der Waals surface area contributed by atoms with Crippen LogP contribution in [0.4, 0.5) is 5.69 Å². The third-order valence-corrected chi connectivity index (χ3v) is 4.60. The van der Waals surface area contributed by atoms with E-state index in [0.717, 1.165) is 31.7 Å². The van der Waals surface area contributed by atoms with Gasteiger partial charge in [-0.15, -0.1) is 0 Å². The van der Waals surface area contributed by atoms with Crippen LogP contribution < -0.4 is 10.1 Å². The molecule has 0 heterocycles. The van der Waals surface area contributed by atoms with E-state index in [-0.39, 0.29) is 22.9 Å². The molecule has 8 heteroatoms. The number of aromatic hydroxyl groups is 1. The Bertz CT molecular complexity index is 782. The number of hydrogen-bond donors (Lipinski definition) is 2. The summed E-state index contributed by atoms with van der Waals surface area (Å²) in [5, 5.41) is 33.0. The predicted octanol–water partition coefficient (Wildman–Crippen LogP) is 2.91. The number of nitrogens with zero attached hydrogens (tertiary/aromatic N) is 2. The van der Waals surface area contributed by atoms with Crippen LogP contribution in [0, 0.1) is 27.4 Å². The lowest BCUT2D eigenvalue weighted by Crippen LogP contribution is -2.41. The van der Waals surface area contributed by atoms with Crippen molar-refractivity contribution in [2.45, 2.75) is 38.6 Å². The van der Waals surface area contributed by atoms with Gasteiger partial charge in [0.15, 0.2) is 5.75 Å². The van der Waals surface area contributed by atoms with E-state index in [9.17, 15) is 25.3 Å². The van der Waals surface area contributed by atoms with E-state index >= 15 is 0 Å². The van der Waals surface area contributed by atoms with Crippen molar-refractivity contribution in [2.24, 2.45) is 5.92 Å². The van der Waals surface area contributed by atoms with Gasteiger partial charge in [0.1, 0.15) is 11.6 Å². The minimum absolute atomic E-state index is 0.0108. The van der Waals surface area contributed by atoms with Gasteiger partial charge in [-0.05, 0) is 36.5 Å². The van der Waals surface area contributed by atoms with Gasteiger partial charge in [0.05, 0.1) is 12.0 Å². The van der Waals surface area contributed by atoms with Crippen molar-refractivity contribution < 1.29 is 19.6 Å². The number of ether oxygens (including phenoxy) is 1. The molecule has 8 nitrogen and oxygen atoms in total. The van der Waals surface area contributed by atoms with Crippen LogP contribution >= 0.6 is 0 Å². The van der Waals surface area contributed by atoms with Gasteiger partial charge in [0.25, 0.3) is 5.91 Å². The monoisotopic (exact) mass is 359 g/mol. The number of benzene rings is 1. The molecule has 1 aromatic rings. The SMILES string of the molecule is COc1cc(/C=C(\C#N)C(=O)N[C@@H]2CCCC[C@@H]2C)cc([N+](=O)[O-])c1O. The standard InChI is InChI=1S/C18H21N3O5/c1-11-5-3-4-6-14(11)20-18(23)13(10-19)7-12-8-15(21(24)25)17(22)16(9-12)26-2/h7-9,11,14,22H,3-6H2,1-2H3,(H,20,23)/b13-7+/t11-,14+/m0/s1. The normalized spacial score (nSPS) is 20.1. The molecule has 1 amide bonds. The molecule has 1 aliphatic rings. The molecule has 2 N–H and O–H groups in total. The number of nitro benzene ring substituents is 1. The number of carbonyl (C=O) groups excluding carboxylic acids is 1. The van der Waals surface area contributed by atoms with E-state index in [1.807, 2.05) is 6.07 Å². The van der Waals surface area contributed by atoms with Gasteiger partial charge in [0, 0.05) is 12.1 Å². The van der Waals surface area contributed by atoms with E-state index in [2.05, 4.69) is 12.2 Å². The van der Waals surface area contributed by atoms with Crippen LogP contribution in [0.15, 0.2) is 17.7 Å². The summed E-state index contributed by atoms with van der Waals surface area (Å²) in [5.41, 5.74) is -0.506. The maximum Gasteiger partial charge on any atom is 0.315 e. The number of phenols is 1. The molecule has 1 aromatic carbocycles. The van der Waals surface area contributed by atoms with Crippen LogP contribution in [0.3, 0.4) is 0 Å². The molecule has 1 saturated carbocycles. The number of nitriles is 1. The number of nitrogens with one attached hydrogen (secondary N) is 1. The third kappa shape index (κ3) is 4.30. The van der Waals surface area contributed by atoms with Crippen molar-refractivity contribution in [3.05, 3.63) is 33.4 Å². The molecule has 1 aliphatic carbocycles. The van der Waals surface area contributed by atoms with Crippen LogP contribution in [0.25, 0.3) is 6.08 Å². The maximum absolute atomic E-state index is 12.4. The fourth-order valence-electron chi connectivity index (χ4n) is 3.08. The Balaban J connectivity index is 2.30. The van der Waals surface area contributed by atoms with Crippen molar-refractivity contribution in [2.75, 3.05) is 7.11 Å². The minimum atomic E-state index is -0.759. The summed E-state index contributed by atoms with van der Waals surface area (Å²) >= 11 is 0. The lowest BCUT2D eigenvalue weighted by molar-refractivity contribution is -0.386. The van der Waals surface area contributed by atoms with Crippen LogP contribution in [-0.2, 0) is 4.79 Å². The second-order valence-electron chi connectivity index (χ2n) is 6.36. The molecule has 26 heavy (non-hydrogen) atoms. The molecule has 0 bridgehead atoms. The molecule has 0 aliphatic heterocycles. The Kier molecular flexibility index (Phi) is 6.17. The Labute approximate surface area is 151 Å². The maximum atomic E-state index is 12.4. The molecule has 138 valence electrons. The highest BCUT2D eigenvalue weighted by Crippen LogP contribution is 2.37. The van der Waals surface area contributed by atoms with E-state index in [4.69, 9.17) is 4.74 Å². The summed E-state index contributed by atoms with van der Waals surface area (Å²) in [7, 11) is 1.26. The van der Waals surface area contributed by atoms with Gasteiger partial charge in [-0.1, -0.05) is 19.8 Å². The van der Waals surface area contributed by atoms with Crippen molar-refractivity contribution in [1.29, 1.82) is 5.26 Å². The molecular weight excluding hydrogens is 338 g/mol. The number of amides is 1. The van der Waals surface area contributed by atoms with E-state index < -0.39 is 22.3 Å². The molecular formula is C18H21N3O5. The summed E-state index contributed by atoms with van der Waals surface area (Å²) in [6.45, 7) is 2.06. The fraction of sp³-hybridized carbons (Fsp3) is 0.444. The number of hydrogen-bond acceptors (Lipinski definition) is 6. The van der Waals surface area contributed by atoms with E-state index in [1.54, 1.807) is 0 Å². The second-order valence-corrected chi connectivity index (χ2v) is 6.36. The topological polar surface area (TPSA) is 125 Å². The van der Waals surface area contributed by atoms with Crippen molar-refractivity contribution in [3.8, 4) is 17.6 Å². The highest BCUT2D eigenvalue weighted by molar-refractivity contribution is 6.02. The predicted molar refractivity (Wildman–Crippen MR) is 94.5 cm³/mol. The van der Waals surface area contributed by atoms with E-state index in [0.29, 0.717) is 5.92 Å². The Hall–Kier alpha value is -3.08. The first-order chi connectivity index (χ1) is 12.4. The zero-order chi connectivity index (χ0) is 19.3. The summed E-state index contributed by atoms with van der Waals surface area (Å²) in [4.78, 5) is 22.7. The third-order valence-electron chi connectivity index (χ3n) is 4.60. The van der Waals surface area contributed by atoms with Gasteiger partial charge >= 0.3 is 5.69 Å². The number of carbonyl (C=O) groups is 1. The summed E-state index contributed by atoms with van der Waals surface area (Å²) < 4.78 is 4.92. The summed E-state index contributed by atoms with van der Waals surface area (Å²) in [6.07, 6.45) is 5.30. The van der Waals surface area contributed by atoms with Crippen molar-refractivity contribution in [1.82, 2.24) is 5.32 Å². The van der Waals surface area contributed by atoms with Crippen LogP contribution in [0.2, 0.25) is 0 Å². The average molecular weight is 359 g/mol. The van der Waals surface area contributed by atoms with Gasteiger partial charge in [-0.3, -0.25) is 14.9 Å². The largest absolute Gasteiger partial charge is 0.500 e. The van der Waals surface area contributed by atoms with Gasteiger partial charge in [0.2, 0.25) is 5.75 Å². The Morgan fingerprint density at radius 3 is 2.73 bits per heavy atom. The molecule has 1 fully saturated rings. The molecule has 0 unspecified atom stereocenters. The summed E-state index contributed by atoms with van der Waals surface area (Å²) in [6, 6.07) is 4.26. The first-order valence-electron chi connectivity index (χ1n) is 8.35. The quantitative estimate of drug-likeness (QED) is 0.360. The van der Waals surface area contributed by atoms with Crippen molar-refractivity contribution in [3.63, 3.8) is 0 Å². The van der Waals surface area contributed by atoms with Gasteiger partial charge in [-0.25, -0.2) is 0 Å². The molecule has 2 atom stereocenters. The highest BCUT2D eigenvalue weighted by atomic mass is 16.6. The molecule has 0 radical (unpaired) electrons. The van der Waals surface area contributed by atoms with Crippen LogP contribution in [0.1, 0.15) is 38.2 Å². The highest BCUT2D eigenvalue weighted by Gasteiger charge is 2.24. The lowest BCUT2D eigenvalue weighted by Gasteiger charge is -2.29. The smallest absolute Gasteiger partial charge is 0.315 e. The number of phenolic OH excluding ortho intramolecular Hbond substituents is 1. The Morgan fingerprint density at radius 2 is 2.15 bits per heavy atom. The lowest BCUT2D eigenvalue weighted by atomic mass is 9.86. The zero-order valence-electron chi connectivity index (χ0n) is 14.7. The van der Waals surface area contributed by atoms with Crippen LogP contribution in [0.5, 0.6) is 11.5 Å². The minimum Gasteiger partial charge on any atom is -0.500 e. The van der Waals surface area contributed by atoms with Gasteiger partial charge < -0.3 is 15.2 Å². The number of rotatable bonds is 5. The number of methoxy groups -OCH3 is 1. The Morgan fingerprint density at radius 1 is 1.46 bits per heavy atom. The fourth-order valence-corrected chi connectivity index (χ4v) is 3.08. The van der Waals surface area contributed by atoms with Crippen molar-refractivity contribution >= 4 is 17.7 Å². The zero-order valence-corrected chi connectivity index (χ0v) is 14.7. The molecule has 0 saturated heterocycles. The number of nitro groups is 1. The van der Waals surface area contributed by atoms with Gasteiger partial charge in [-0.2, -0.15) is 5.26 Å². The summed E-state index contributed by atoms with van der Waals surface area (Å²) in [5.74, 6) is -0.888. The second kappa shape index (κ2) is 8.34. The average Bonchev–Trinajstić information content (AvgIpc) is 2.62. The first-order valence-corrected chi connectivity index (χ1v) is 8.35. The van der Waals surface area contributed by atoms with E-state index in [1.165, 1.54) is 19.3 Å². The molecule has 0 spiro atoms. The molecule has 0 aromatic heterocycles. The molecule has 2 rings (SSSR count). The van der Waals surface area contributed by atoms with Crippen LogP contribution in [-0.4, -0.2) is 29.1 Å².